The maximum Gasteiger partial charge on any atom is 0.0581 e. The van der Waals surface area contributed by atoms with Crippen molar-refractivity contribution >= 4 is 22.6 Å². The zero-order valence-corrected chi connectivity index (χ0v) is 14.8. The lowest BCUT2D eigenvalue weighted by atomic mass is 9.90. The SMILES string of the molecule is CCNC(c1ccc(I)cc1)c1c(C)cc(C)cc1C. The Bertz CT molecular complexity index is 564. The molecule has 0 amide bonds. The molecule has 0 bridgehead atoms. The summed E-state index contributed by atoms with van der Waals surface area (Å²) in [5.74, 6) is 0. The van der Waals surface area contributed by atoms with Crippen LogP contribution in [0.15, 0.2) is 36.4 Å². The van der Waals surface area contributed by atoms with Crippen LogP contribution in [0.5, 0.6) is 0 Å². The van der Waals surface area contributed by atoms with Gasteiger partial charge in [-0.2, -0.15) is 0 Å². The first-order chi connectivity index (χ1) is 9.52. The average Bonchev–Trinajstić information content (AvgIpc) is 2.37. The maximum atomic E-state index is 3.63. The molecule has 1 atom stereocenters. The summed E-state index contributed by atoms with van der Waals surface area (Å²) in [5.41, 5.74) is 6.82. The van der Waals surface area contributed by atoms with Crippen LogP contribution < -0.4 is 5.32 Å². The van der Waals surface area contributed by atoms with Gasteiger partial charge in [-0.1, -0.05) is 36.8 Å². The second-order valence-electron chi connectivity index (χ2n) is 5.35. The third-order valence-electron chi connectivity index (χ3n) is 3.64. The van der Waals surface area contributed by atoms with Gasteiger partial charge in [0.05, 0.1) is 6.04 Å². The second kappa shape index (κ2) is 6.72. The fraction of sp³-hybridized carbons (Fsp3) is 0.333. The van der Waals surface area contributed by atoms with Crippen LogP contribution >= 0.6 is 22.6 Å². The van der Waals surface area contributed by atoms with Crippen LogP contribution in [0.4, 0.5) is 0 Å². The molecule has 2 aromatic carbocycles. The molecule has 0 saturated heterocycles. The molecular weight excluding hydrogens is 357 g/mol. The first kappa shape index (κ1) is 15.5. The van der Waals surface area contributed by atoms with Gasteiger partial charge in [0.15, 0.2) is 0 Å². The Morgan fingerprint density at radius 1 is 1.00 bits per heavy atom. The highest BCUT2D eigenvalue weighted by atomic mass is 127. The quantitative estimate of drug-likeness (QED) is 0.744. The van der Waals surface area contributed by atoms with Crippen molar-refractivity contribution in [2.45, 2.75) is 33.7 Å². The van der Waals surface area contributed by atoms with Gasteiger partial charge in [0.2, 0.25) is 0 Å². The van der Waals surface area contributed by atoms with Gasteiger partial charge >= 0.3 is 0 Å². The van der Waals surface area contributed by atoms with Crippen LogP contribution in [-0.4, -0.2) is 6.54 Å². The predicted molar refractivity (Wildman–Crippen MR) is 95.3 cm³/mol. The number of halogens is 1. The minimum atomic E-state index is 0.276. The molecule has 2 aromatic rings. The lowest BCUT2D eigenvalue weighted by molar-refractivity contribution is 0.624. The molecule has 20 heavy (non-hydrogen) atoms. The molecule has 106 valence electrons. The molecule has 1 nitrogen and oxygen atoms in total. The van der Waals surface area contributed by atoms with Crippen LogP contribution in [-0.2, 0) is 0 Å². The van der Waals surface area contributed by atoms with Gasteiger partial charge in [0.1, 0.15) is 0 Å². The minimum Gasteiger partial charge on any atom is -0.307 e. The van der Waals surface area contributed by atoms with Crippen molar-refractivity contribution in [3.05, 3.63) is 67.8 Å². The van der Waals surface area contributed by atoms with Gasteiger partial charge in [-0.05, 0) is 84.3 Å². The van der Waals surface area contributed by atoms with E-state index in [1.807, 2.05) is 0 Å². The van der Waals surface area contributed by atoms with Crippen molar-refractivity contribution in [1.82, 2.24) is 5.32 Å². The molecule has 0 heterocycles. The molecule has 0 fully saturated rings. The Morgan fingerprint density at radius 3 is 2.05 bits per heavy atom. The second-order valence-corrected chi connectivity index (χ2v) is 6.60. The summed E-state index contributed by atoms with van der Waals surface area (Å²) in [6, 6.07) is 13.6. The molecule has 0 aliphatic rings. The minimum absolute atomic E-state index is 0.276. The molecule has 2 rings (SSSR count). The number of hydrogen-bond acceptors (Lipinski definition) is 1. The van der Waals surface area contributed by atoms with E-state index >= 15 is 0 Å². The summed E-state index contributed by atoms with van der Waals surface area (Å²) < 4.78 is 1.28. The summed E-state index contributed by atoms with van der Waals surface area (Å²) in [6.07, 6.45) is 0. The Hall–Kier alpha value is -0.870. The number of aryl methyl sites for hydroxylation is 3. The molecule has 0 aromatic heterocycles. The Balaban J connectivity index is 2.51. The third kappa shape index (κ3) is 3.41. The van der Waals surface area contributed by atoms with Crippen LogP contribution in [0.1, 0.15) is 40.8 Å². The summed E-state index contributed by atoms with van der Waals surface area (Å²) in [7, 11) is 0. The van der Waals surface area contributed by atoms with Gasteiger partial charge in [-0.3, -0.25) is 0 Å². The molecule has 0 spiro atoms. The van der Waals surface area contributed by atoms with E-state index in [2.05, 4.69) is 92.0 Å². The first-order valence-electron chi connectivity index (χ1n) is 7.09. The Labute approximate surface area is 135 Å². The molecule has 0 radical (unpaired) electrons. The van der Waals surface area contributed by atoms with Crippen molar-refractivity contribution in [2.75, 3.05) is 6.54 Å². The van der Waals surface area contributed by atoms with E-state index in [1.54, 1.807) is 0 Å². The van der Waals surface area contributed by atoms with E-state index in [9.17, 15) is 0 Å². The monoisotopic (exact) mass is 379 g/mol. The molecule has 1 N–H and O–H groups in total. The highest BCUT2D eigenvalue weighted by Crippen LogP contribution is 2.29. The first-order valence-corrected chi connectivity index (χ1v) is 8.17. The van der Waals surface area contributed by atoms with Crippen molar-refractivity contribution in [3.8, 4) is 0 Å². The number of rotatable bonds is 4. The summed E-state index contributed by atoms with van der Waals surface area (Å²) >= 11 is 2.35. The van der Waals surface area contributed by atoms with E-state index in [-0.39, 0.29) is 6.04 Å². The maximum absolute atomic E-state index is 3.63. The Kier molecular flexibility index (Phi) is 5.22. The van der Waals surface area contributed by atoms with Gasteiger partial charge in [0, 0.05) is 3.57 Å². The van der Waals surface area contributed by atoms with Crippen molar-refractivity contribution in [3.63, 3.8) is 0 Å². The van der Waals surface area contributed by atoms with E-state index in [4.69, 9.17) is 0 Å². The largest absolute Gasteiger partial charge is 0.307 e. The zero-order valence-electron chi connectivity index (χ0n) is 12.6. The van der Waals surface area contributed by atoms with E-state index in [0.717, 1.165) is 6.54 Å². The van der Waals surface area contributed by atoms with Crippen LogP contribution in [0.25, 0.3) is 0 Å². The van der Waals surface area contributed by atoms with Crippen LogP contribution in [0.2, 0.25) is 0 Å². The number of hydrogen-bond donors (Lipinski definition) is 1. The average molecular weight is 379 g/mol. The van der Waals surface area contributed by atoms with Gasteiger partial charge in [0.25, 0.3) is 0 Å². The molecule has 1 unspecified atom stereocenters. The highest BCUT2D eigenvalue weighted by molar-refractivity contribution is 14.1. The molecule has 0 saturated carbocycles. The van der Waals surface area contributed by atoms with Crippen molar-refractivity contribution < 1.29 is 0 Å². The van der Waals surface area contributed by atoms with Crippen molar-refractivity contribution in [1.29, 1.82) is 0 Å². The summed E-state index contributed by atoms with van der Waals surface area (Å²) in [6.45, 7) is 9.72. The van der Waals surface area contributed by atoms with E-state index < -0.39 is 0 Å². The normalized spacial score (nSPS) is 12.4. The molecule has 0 aliphatic heterocycles. The van der Waals surface area contributed by atoms with E-state index in [1.165, 1.54) is 31.4 Å². The molecular formula is C18H22IN. The molecule has 2 heteroatoms. The summed E-state index contributed by atoms with van der Waals surface area (Å²) in [4.78, 5) is 0. The van der Waals surface area contributed by atoms with Gasteiger partial charge in [-0.25, -0.2) is 0 Å². The standard InChI is InChI=1S/C18H22IN/c1-5-20-18(15-6-8-16(19)9-7-15)17-13(3)10-12(2)11-14(17)4/h6-11,18,20H,5H2,1-4H3. The van der Waals surface area contributed by atoms with Gasteiger partial charge in [-0.15, -0.1) is 0 Å². The van der Waals surface area contributed by atoms with Crippen molar-refractivity contribution in [2.24, 2.45) is 0 Å². The summed E-state index contributed by atoms with van der Waals surface area (Å²) in [5, 5.41) is 3.63. The third-order valence-corrected chi connectivity index (χ3v) is 4.36. The van der Waals surface area contributed by atoms with E-state index in [0.29, 0.717) is 0 Å². The number of nitrogens with one attached hydrogen (secondary N) is 1. The Morgan fingerprint density at radius 2 is 1.55 bits per heavy atom. The predicted octanol–water partition coefficient (Wildman–Crippen LogP) is 4.92. The number of benzene rings is 2. The fourth-order valence-electron chi connectivity index (χ4n) is 2.89. The molecule has 0 aliphatic carbocycles. The lowest BCUT2D eigenvalue weighted by Crippen LogP contribution is -2.23. The van der Waals surface area contributed by atoms with Gasteiger partial charge < -0.3 is 5.32 Å². The highest BCUT2D eigenvalue weighted by Gasteiger charge is 2.17. The topological polar surface area (TPSA) is 12.0 Å². The van der Waals surface area contributed by atoms with Crippen LogP contribution in [0.3, 0.4) is 0 Å². The van der Waals surface area contributed by atoms with Crippen LogP contribution in [0, 0.1) is 24.3 Å². The lowest BCUT2D eigenvalue weighted by Gasteiger charge is -2.23. The zero-order chi connectivity index (χ0) is 14.7. The smallest absolute Gasteiger partial charge is 0.0581 e. The fourth-order valence-corrected chi connectivity index (χ4v) is 3.25.